The van der Waals surface area contributed by atoms with Gasteiger partial charge in [-0.25, -0.2) is 9.69 Å². The topological polar surface area (TPSA) is 64.2 Å². The van der Waals surface area contributed by atoms with E-state index in [9.17, 15) is 14.4 Å². The SMILES string of the molecule is CCCCN1C(=O)C(=O)N(CN2CCN(c3cccc(Cl)c3)CC2)C1=O. The molecule has 7 nitrogen and oxygen atoms in total. The molecule has 2 fully saturated rings. The number of anilines is 1. The molecule has 0 unspecified atom stereocenters. The van der Waals surface area contributed by atoms with Crippen molar-refractivity contribution in [2.45, 2.75) is 19.8 Å². The first kappa shape index (κ1) is 18.7. The summed E-state index contributed by atoms with van der Waals surface area (Å²) in [5, 5.41) is 0.698. The molecule has 0 saturated carbocycles. The van der Waals surface area contributed by atoms with Crippen molar-refractivity contribution in [2.75, 3.05) is 44.3 Å². The monoisotopic (exact) mass is 378 g/mol. The molecule has 2 aliphatic heterocycles. The maximum Gasteiger partial charge on any atom is 0.335 e. The lowest BCUT2D eigenvalue weighted by Gasteiger charge is -2.37. The van der Waals surface area contributed by atoms with Gasteiger partial charge in [-0.3, -0.25) is 19.4 Å². The first-order valence-electron chi connectivity index (χ1n) is 8.91. The van der Waals surface area contributed by atoms with Crippen molar-refractivity contribution in [1.29, 1.82) is 0 Å². The summed E-state index contributed by atoms with van der Waals surface area (Å²) < 4.78 is 0. The number of halogens is 1. The van der Waals surface area contributed by atoms with Crippen LogP contribution in [0, 0.1) is 0 Å². The predicted molar refractivity (Wildman–Crippen MR) is 99.0 cm³/mol. The number of urea groups is 1. The fraction of sp³-hybridized carbons (Fsp3) is 0.500. The van der Waals surface area contributed by atoms with Crippen LogP contribution in [-0.4, -0.2) is 71.9 Å². The first-order valence-corrected chi connectivity index (χ1v) is 9.29. The number of benzene rings is 1. The molecule has 26 heavy (non-hydrogen) atoms. The molecule has 140 valence electrons. The highest BCUT2D eigenvalue weighted by Crippen LogP contribution is 2.21. The van der Waals surface area contributed by atoms with Crippen LogP contribution in [0.3, 0.4) is 0 Å². The van der Waals surface area contributed by atoms with Crippen molar-refractivity contribution in [3.05, 3.63) is 29.3 Å². The number of imide groups is 2. The van der Waals surface area contributed by atoms with Gasteiger partial charge < -0.3 is 4.90 Å². The quantitative estimate of drug-likeness (QED) is 0.559. The van der Waals surface area contributed by atoms with Crippen molar-refractivity contribution in [3.63, 3.8) is 0 Å². The normalized spacial score (nSPS) is 19.0. The van der Waals surface area contributed by atoms with E-state index in [0.717, 1.165) is 35.0 Å². The van der Waals surface area contributed by atoms with Gasteiger partial charge in [0.05, 0.1) is 6.67 Å². The summed E-state index contributed by atoms with van der Waals surface area (Å²) in [6, 6.07) is 7.20. The van der Waals surface area contributed by atoms with Crippen LogP contribution in [0.1, 0.15) is 19.8 Å². The number of carbonyl (C=O) groups excluding carboxylic acids is 3. The molecule has 0 spiro atoms. The fourth-order valence-corrected chi connectivity index (χ4v) is 3.39. The molecule has 4 amide bonds. The Morgan fingerprint density at radius 1 is 1.00 bits per heavy atom. The van der Waals surface area contributed by atoms with E-state index < -0.39 is 17.8 Å². The summed E-state index contributed by atoms with van der Waals surface area (Å²) in [6.45, 7) is 5.38. The van der Waals surface area contributed by atoms with Crippen molar-refractivity contribution in [3.8, 4) is 0 Å². The molecule has 8 heteroatoms. The van der Waals surface area contributed by atoms with E-state index in [0.29, 0.717) is 31.1 Å². The van der Waals surface area contributed by atoms with Gasteiger partial charge >= 0.3 is 17.8 Å². The number of carbonyl (C=O) groups is 3. The second kappa shape index (κ2) is 8.05. The molecule has 2 heterocycles. The Hall–Kier alpha value is -2.12. The van der Waals surface area contributed by atoms with E-state index in [1.54, 1.807) is 0 Å². The molecule has 2 saturated heterocycles. The molecular formula is C18H23ClN4O3. The largest absolute Gasteiger partial charge is 0.369 e. The fourth-order valence-electron chi connectivity index (χ4n) is 3.21. The highest BCUT2D eigenvalue weighted by Gasteiger charge is 2.44. The predicted octanol–water partition coefficient (Wildman–Crippen LogP) is 2.01. The third-order valence-corrected chi connectivity index (χ3v) is 4.99. The van der Waals surface area contributed by atoms with Gasteiger partial charge in [-0.1, -0.05) is 31.0 Å². The van der Waals surface area contributed by atoms with Gasteiger partial charge in [0.2, 0.25) is 0 Å². The molecule has 0 aliphatic carbocycles. The number of amides is 4. The molecule has 0 N–H and O–H groups in total. The Bertz CT molecular complexity index is 703. The van der Waals surface area contributed by atoms with Crippen LogP contribution in [0.15, 0.2) is 24.3 Å². The third-order valence-electron chi connectivity index (χ3n) is 4.76. The van der Waals surface area contributed by atoms with Gasteiger partial charge in [0.15, 0.2) is 0 Å². The Labute approximate surface area is 158 Å². The second-order valence-electron chi connectivity index (χ2n) is 6.55. The average molecular weight is 379 g/mol. The van der Waals surface area contributed by atoms with Gasteiger partial charge in [0.1, 0.15) is 0 Å². The lowest BCUT2D eigenvalue weighted by Crippen LogP contribution is -2.51. The second-order valence-corrected chi connectivity index (χ2v) is 6.99. The smallest absolute Gasteiger partial charge is 0.335 e. The van der Waals surface area contributed by atoms with Gasteiger partial charge in [-0.15, -0.1) is 0 Å². The number of rotatable bonds is 6. The van der Waals surface area contributed by atoms with Crippen LogP contribution >= 0.6 is 11.6 Å². The van der Waals surface area contributed by atoms with Gasteiger partial charge in [-0.2, -0.15) is 0 Å². The Kier molecular flexibility index (Phi) is 5.78. The van der Waals surface area contributed by atoms with Crippen LogP contribution in [0.2, 0.25) is 5.02 Å². The summed E-state index contributed by atoms with van der Waals surface area (Å²) in [6.07, 6.45) is 1.56. The van der Waals surface area contributed by atoms with E-state index in [4.69, 9.17) is 11.6 Å². The molecule has 1 aromatic rings. The van der Waals surface area contributed by atoms with E-state index in [1.807, 2.05) is 36.1 Å². The van der Waals surface area contributed by atoms with Crippen LogP contribution in [-0.2, 0) is 9.59 Å². The van der Waals surface area contributed by atoms with Crippen molar-refractivity contribution < 1.29 is 14.4 Å². The number of hydrogen-bond acceptors (Lipinski definition) is 5. The van der Waals surface area contributed by atoms with Crippen LogP contribution in [0.5, 0.6) is 0 Å². The van der Waals surface area contributed by atoms with Crippen LogP contribution in [0.4, 0.5) is 10.5 Å². The summed E-state index contributed by atoms with van der Waals surface area (Å²) in [7, 11) is 0. The van der Waals surface area contributed by atoms with Gasteiger partial charge in [0.25, 0.3) is 0 Å². The molecule has 0 bridgehead atoms. The van der Waals surface area contributed by atoms with Gasteiger partial charge in [-0.05, 0) is 24.6 Å². The van der Waals surface area contributed by atoms with Crippen molar-refractivity contribution >= 4 is 35.1 Å². The van der Waals surface area contributed by atoms with Crippen LogP contribution in [0.25, 0.3) is 0 Å². The van der Waals surface area contributed by atoms with E-state index in [-0.39, 0.29) is 6.67 Å². The maximum absolute atomic E-state index is 12.4. The average Bonchev–Trinajstić information content (AvgIpc) is 2.84. The highest BCUT2D eigenvalue weighted by atomic mass is 35.5. The van der Waals surface area contributed by atoms with E-state index >= 15 is 0 Å². The third kappa shape index (κ3) is 3.83. The first-order chi connectivity index (χ1) is 12.5. The Morgan fingerprint density at radius 3 is 2.35 bits per heavy atom. The Morgan fingerprint density at radius 2 is 1.69 bits per heavy atom. The summed E-state index contributed by atoms with van der Waals surface area (Å²) in [4.78, 5) is 42.9. The lowest BCUT2D eigenvalue weighted by molar-refractivity contribution is -0.144. The molecule has 1 aromatic carbocycles. The van der Waals surface area contributed by atoms with Crippen LogP contribution < -0.4 is 4.90 Å². The minimum atomic E-state index is -0.719. The zero-order chi connectivity index (χ0) is 18.7. The number of nitrogens with zero attached hydrogens (tertiary/aromatic N) is 4. The summed E-state index contributed by atoms with van der Waals surface area (Å²) in [5.41, 5.74) is 1.06. The van der Waals surface area contributed by atoms with Gasteiger partial charge in [0, 0.05) is 43.4 Å². The number of hydrogen-bond donors (Lipinski definition) is 0. The summed E-state index contributed by atoms with van der Waals surface area (Å²) in [5.74, 6) is -1.43. The molecule has 2 aliphatic rings. The number of piperazine rings is 1. The minimum absolute atomic E-state index is 0.162. The molecule has 0 aromatic heterocycles. The highest BCUT2D eigenvalue weighted by molar-refractivity contribution is 6.44. The molecule has 0 radical (unpaired) electrons. The van der Waals surface area contributed by atoms with E-state index in [2.05, 4.69) is 4.90 Å². The molecular weight excluding hydrogens is 356 g/mol. The standard InChI is InChI=1S/C18H23ClN4O3/c1-2-3-7-22-16(24)17(25)23(18(22)26)13-20-8-10-21(11-9-20)15-6-4-5-14(19)12-15/h4-6,12H,2-3,7-11,13H2,1H3. The lowest BCUT2D eigenvalue weighted by atomic mass is 10.2. The Balaban J connectivity index is 1.56. The minimum Gasteiger partial charge on any atom is -0.369 e. The zero-order valence-electron chi connectivity index (χ0n) is 14.9. The van der Waals surface area contributed by atoms with Crippen molar-refractivity contribution in [2.24, 2.45) is 0 Å². The van der Waals surface area contributed by atoms with Crippen molar-refractivity contribution in [1.82, 2.24) is 14.7 Å². The number of unbranched alkanes of at least 4 members (excludes halogenated alkanes) is 1. The summed E-state index contributed by atoms with van der Waals surface area (Å²) >= 11 is 6.05. The molecule has 3 rings (SSSR count). The molecule has 0 atom stereocenters. The maximum atomic E-state index is 12.4. The van der Waals surface area contributed by atoms with E-state index in [1.165, 1.54) is 0 Å². The zero-order valence-corrected chi connectivity index (χ0v) is 15.6.